The van der Waals surface area contributed by atoms with Crippen LogP contribution in [0.15, 0.2) is 6.20 Å². The van der Waals surface area contributed by atoms with Crippen LogP contribution in [-0.2, 0) is 22.4 Å². The lowest BCUT2D eigenvalue weighted by molar-refractivity contribution is -0.109. The smallest absolute Gasteiger partial charge is 0.407 e. The predicted molar refractivity (Wildman–Crippen MR) is 92.4 cm³/mol. The van der Waals surface area contributed by atoms with Crippen LogP contribution in [0.5, 0.6) is 0 Å². The van der Waals surface area contributed by atoms with E-state index in [1.807, 2.05) is 6.92 Å². The van der Waals surface area contributed by atoms with Crippen LogP contribution in [0.25, 0.3) is 0 Å². The van der Waals surface area contributed by atoms with Crippen molar-refractivity contribution in [1.29, 1.82) is 0 Å². The Hall–Kier alpha value is -1.76. The number of carbonyl (C=O) groups excluding carboxylic acids is 2. The Balaban J connectivity index is 2.08. The number of pyridine rings is 1. The fourth-order valence-electron chi connectivity index (χ4n) is 2.98. The van der Waals surface area contributed by atoms with Gasteiger partial charge in [0, 0.05) is 20.2 Å². The number of hydrogen-bond acceptors (Lipinski definition) is 4. The van der Waals surface area contributed by atoms with Crippen LogP contribution in [-0.4, -0.2) is 37.6 Å². The molecule has 1 aliphatic carbocycles. The van der Waals surface area contributed by atoms with E-state index in [9.17, 15) is 14.0 Å². The van der Waals surface area contributed by atoms with Gasteiger partial charge in [0.05, 0.1) is 18.3 Å². The first-order chi connectivity index (χ1) is 11.2. The Morgan fingerprint density at radius 2 is 2.08 bits per heavy atom. The second-order valence-corrected chi connectivity index (χ2v) is 13.3. The number of carbonyl (C=O) groups is 2. The van der Waals surface area contributed by atoms with Gasteiger partial charge in [0.1, 0.15) is 12.1 Å². The molecule has 1 heterocycles. The Bertz CT molecular complexity index is 612. The summed E-state index contributed by atoms with van der Waals surface area (Å²) in [7, 11) is -1.29. The highest BCUT2D eigenvalue weighted by Crippen LogP contribution is 2.35. The number of hydrogen-bond donors (Lipinski definition) is 1. The van der Waals surface area contributed by atoms with Gasteiger partial charge in [-0.15, -0.1) is 0 Å². The molecule has 1 aromatic heterocycles. The molecule has 1 atom stereocenters. The molecule has 1 unspecified atom stereocenters. The monoisotopic (exact) mass is 352 g/mol. The zero-order chi connectivity index (χ0) is 18.0. The minimum absolute atomic E-state index is 0.115. The van der Waals surface area contributed by atoms with Crippen LogP contribution in [0.2, 0.25) is 25.7 Å². The fourth-order valence-corrected chi connectivity index (χ4v) is 3.70. The molecule has 0 saturated heterocycles. The number of amides is 1. The van der Waals surface area contributed by atoms with Crippen molar-refractivity contribution in [3.63, 3.8) is 0 Å². The van der Waals surface area contributed by atoms with Gasteiger partial charge in [0.2, 0.25) is 0 Å². The zero-order valence-corrected chi connectivity index (χ0v) is 15.7. The van der Waals surface area contributed by atoms with Crippen LogP contribution in [0.4, 0.5) is 9.18 Å². The maximum Gasteiger partial charge on any atom is 0.407 e. The van der Waals surface area contributed by atoms with E-state index in [4.69, 9.17) is 4.74 Å². The predicted octanol–water partition coefficient (Wildman–Crippen LogP) is 3.02. The van der Waals surface area contributed by atoms with E-state index in [0.29, 0.717) is 18.6 Å². The van der Waals surface area contributed by atoms with Crippen LogP contribution in [0.3, 0.4) is 0 Å². The molecule has 2 rings (SSSR count). The molecule has 0 radical (unpaired) electrons. The fraction of sp³-hybridized carbons (Fsp3) is 0.588. The van der Waals surface area contributed by atoms with Gasteiger partial charge in [-0.1, -0.05) is 19.6 Å². The SMILES string of the molecule is Cc1ncc(F)c2c1CC(CC=O)(NC(=O)OCC[Si](C)(C)C)C2. The van der Waals surface area contributed by atoms with Crippen LogP contribution in [0.1, 0.15) is 23.2 Å². The van der Waals surface area contributed by atoms with Gasteiger partial charge < -0.3 is 14.8 Å². The second-order valence-electron chi connectivity index (χ2n) is 7.72. The standard InChI is InChI=1S/C17H25FN2O3Si/c1-12-13-9-17(5-6-21,10-14(13)15(18)11-19-12)20-16(22)23-7-8-24(2,3)4/h6,11H,5,7-10H2,1-4H3,(H,20,22). The molecule has 132 valence electrons. The molecular formula is C17H25FN2O3Si. The van der Waals surface area contributed by atoms with Crippen molar-refractivity contribution < 1.29 is 18.7 Å². The van der Waals surface area contributed by atoms with Crippen molar-refractivity contribution in [1.82, 2.24) is 10.3 Å². The zero-order valence-electron chi connectivity index (χ0n) is 14.7. The van der Waals surface area contributed by atoms with Gasteiger partial charge >= 0.3 is 6.09 Å². The summed E-state index contributed by atoms with van der Waals surface area (Å²) in [6.07, 6.45) is 2.19. The maximum absolute atomic E-state index is 14.0. The van der Waals surface area contributed by atoms with Crippen molar-refractivity contribution in [3.05, 3.63) is 28.8 Å². The van der Waals surface area contributed by atoms with Gasteiger partial charge in [-0.2, -0.15) is 0 Å². The lowest BCUT2D eigenvalue weighted by Gasteiger charge is -2.28. The van der Waals surface area contributed by atoms with E-state index in [-0.39, 0.29) is 12.8 Å². The second kappa shape index (κ2) is 7.00. The number of rotatable bonds is 6. The molecule has 24 heavy (non-hydrogen) atoms. The summed E-state index contributed by atoms with van der Waals surface area (Å²) in [5, 5.41) is 2.81. The van der Waals surface area contributed by atoms with Crippen molar-refractivity contribution in [3.8, 4) is 0 Å². The highest BCUT2D eigenvalue weighted by atomic mass is 28.3. The molecule has 1 N–H and O–H groups in total. The van der Waals surface area contributed by atoms with Crippen molar-refractivity contribution >= 4 is 20.5 Å². The Kier molecular flexibility index (Phi) is 5.42. The first-order valence-electron chi connectivity index (χ1n) is 8.17. The van der Waals surface area contributed by atoms with Gasteiger partial charge in [-0.05, 0) is 36.9 Å². The Morgan fingerprint density at radius 1 is 1.42 bits per heavy atom. The largest absolute Gasteiger partial charge is 0.450 e. The number of nitrogens with zero attached hydrogens (tertiary/aromatic N) is 1. The molecule has 5 nitrogen and oxygen atoms in total. The summed E-state index contributed by atoms with van der Waals surface area (Å²) in [5.74, 6) is -0.391. The van der Waals surface area contributed by atoms with Crippen molar-refractivity contribution in [2.45, 2.75) is 57.4 Å². The van der Waals surface area contributed by atoms with Gasteiger partial charge in [0.25, 0.3) is 0 Å². The first kappa shape index (κ1) is 18.6. The minimum Gasteiger partial charge on any atom is -0.450 e. The van der Waals surface area contributed by atoms with E-state index < -0.39 is 25.5 Å². The summed E-state index contributed by atoms with van der Waals surface area (Å²) in [5.41, 5.74) is 1.22. The summed E-state index contributed by atoms with van der Waals surface area (Å²) in [6, 6.07) is 0.874. The molecule has 0 saturated carbocycles. The number of nitrogens with one attached hydrogen (secondary N) is 1. The van der Waals surface area contributed by atoms with E-state index in [2.05, 4.69) is 29.9 Å². The first-order valence-corrected chi connectivity index (χ1v) is 11.9. The average Bonchev–Trinajstić information content (AvgIpc) is 2.82. The number of alkyl carbamates (subject to hydrolysis) is 1. The van der Waals surface area contributed by atoms with E-state index >= 15 is 0 Å². The number of aromatic nitrogens is 1. The Morgan fingerprint density at radius 3 is 2.67 bits per heavy atom. The molecular weight excluding hydrogens is 327 g/mol. The lowest BCUT2D eigenvalue weighted by Crippen LogP contribution is -2.50. The van der Waals surface area contributed by atoms with Gasteiger partial charge in [-0.3, -0.25) is 4.98 Å². The molecule has 0 aromatic carbocycles. The van der Waals surface area contributed by atoms with Crippen LogP contribution < -0.4 is 5.32 Å². The molecule has 1 aromatic rings. The highest BCUT2D eigenvalue weighted by molar-refractivity contribution is 6.76. The van der Waals surface area contributed by atoms with Crippen LogP contribution >= 0.6 is 0 Å². The quantitative estimate of drug-likeness (QED) is 0.631. The number of aryl methyl sites for hydroxylation is 1. The van der Waals surface area contributed by atoms with E-state index in [0.717, 1.165) is 23.6 Å². The number of aldehydes is 1. The van der Waals surface area contributed by atoms with Crippen LogP contribution in [0, 0.1) is 12.7 Å². The molecule has 0 aliphatic heterocycles. The molecule has 7 heteroatoms. The minimum atomic E-state index is -1.29. The number of halogens is 1. The Labute approximate surface area is 143 Å². The molecule has 0 fully saturated rings. The van der Waals surface area contributed by atoms with Gasteiger partial charge in [0.15, 0.2) is 0 Å². The topological polar surface area (TPSA) is 68.3 Å². The third kappa shape index (κ3) is 4.40. The molecule has 1 amide bonds. The van der Waals surface area contributed by atoms with Crippen molar-refractivity contribution in [2.75, 3.05) is 6.61 Å². The third-order valence-electron chi connectivity index (χ3n) is 4.42. The third-order valence-corrected chi connectivity index (χ3v) is 6.12. The molecule has 0 bridgehead atoms. The highest BCUT2D eigenvalue weighted by Gasteiger charge is 2.41. The number of ether oxygens (including phenoxy) is 1. The lowest BCUT2D eigenvalue weighted by atomic mass is 9.92. The maximum atomic E-state index is 14.0. The van der Waals surface area contributed by atoms with E-state index in [1.165, 1.54) is 6.20 Å². The summed E-state index contributed by atoms with van der Waals surface area (Å²) in [6.45, 7) is 8.78. The summed E-state index contributed by atoms with van der Waals surface area (Å²) in [4.78, 5) is 27.3. The van der Waals surface area contributed by atoms with Gasteiger partial charge in [-0.25, -0.2) is 9.18 Å². The molecule has 1 aliphatic rings. The van der Waals surface area contributed by atoms with E-state index in [1.54, 1.807) is 0 Å². The normalized spacial score (nSPS) is 19.7. The average molecular weight is 352 g/mol. The summed E-state index contributed by atoms with van der Waals surface area (Å²) < 4.78 is 19.3. The van der Waals surface area contributed by atoms with Crippen molar-refractivity contribution in [2.24, 2.45) is 0 Å². The summed E-state index contributed by atoms with van der Waals surface area (Å²) >= 11 is 0. The number of fused-ring (bicyclic) bond motifs is 1. The molecule has 0 spiro atoms.